The average molecular weight is 329 g/mol. The second-order valence-electron chi connectivity index (χ2n) is 6.44. The van der Waals surface area contributed by atoms with Crippen LogP contribution in [0.15, 0.2) is 78.9 Å². The van der Waals surface area contributed by atoms with Crippen molar-refractivity contribution >= 4 is 11.6 Å². The zero-order valence-electron chi connectivity index (χ0n) is 14.9. The molecule has 0 aliphatic heterocycles. The number of aryl methyl sites for hydroxylation is 2. The molecular formula is C23H23NO. The SMILES string of the molecule is Cc1ccc(C)c(N(C)C(=O)C(c2ccccc2)c2ccccc2)c1. The molecule has 3 rings (SSSR count). The molecule has 0 saturated carbocycles. The van der Waals surface area contributed by atoms with Crippen molar-refractivity contribution in [3.8, 4) is 0 Å². The van der Waals surface area contributed by atoms with Crippen molar-refractivity contribution in [3.05, 3.63) is 101 Å². The summed E-state index contributed by atoms with van der Waals surface area (Å²) in [5.74, 6) is -0.238. The van der Waals surface area contributed by atoms with Crippen LogP contribution in [0.3, 0.4) is 0 Å². The minimum atomic E-state index is -0.313. The van der Waals surface area contributed by atoms with Crippen LogP contribution in [0.5, 0.6) is 0 Å². The van der Waals surface area contributed by atoms with E-state index < -0.39 is 0 Å². The molecule has 0 unspecified atom stereocenters. The molecule has 0 aliphatic carbocycles. The summed E-state index contributed by atoms with van der Waals surface area (Å²) in [6.45, 7) is 4.09. The quantitative estimate of drug-likeness (QED) is 0.652. The molecule has 0 heterocycles. The van der Waals surface area contributed by atoms with E-state index in [0.717, 1.165) is 27.9 Å². The van der Waals surface area contributed by atoms with E-state index in [1.165, 1.54) is 0 Å². The third-order valence-corrected chi connectivity index (χ3v) is 4.57. The highest BCUT2D eigenvalue weighted by atomic mass is 16.2. The van der Waals surface area contributed by atoms with Gasteiger partial charge in [-0.1, -0.05) is 72.8 Å². The highest BCUT2D eigenvalue weighted by molar-refractivity contribution is 6.00. The maximum atomic E-state index is 13.4. The Bertz CT molecular complexity index is 816. The van der Waals surface area contributed by atoms with Crippen molar-refractivity contribution in [1.82, 2.24) is 0 Å². The van der Waals surface area contributed by atoms with Gasteiger partial charge in [-0.05, 0) is 42.2 Å². The summed E-state index contributed by atoms with van der Waals surface area (Å²) in [6.07, 6.45) is 0. The van der Waals surface area contributed by atoms with E-state index >= 15 is 0 Å². The van der Waals surface area contributed by atoms with Gasteiger partial charge < -0.3 is 4.90 Å². The number of hydrogen-bond donors (Lipinski definition) is 0. The lowest BCUT2D eigenvalue weighted by molar-refractivity contribution is -0.118. The highest BCUT2D eigenvalue weighted by Crippen LogP contribution is 2.30. The van der Waals surface area contributed by atoms with Crippen molar-refractivity contribution in [2.75, 3.05) is 11.9 Å². The first-order chi connectivity index (χ1) is 12.1. The molecule has 3 aromatic rings. The third kappa shape index (κ3) is 3.63. The standard InChI is InChI=1S/C23H23NO/c1-17-14-15-18(2)21(16-17)24(3)23(25)22(19-10-6-4-7-11-19)20-12-8-5-9-13-20/h4-16,22H,1-3H3. The second kappa shape index (κ2) is 7.35. The molecule has 126 valence electrons. The third-order valence-electron chi connectivity index (χ3n) is 4.57. The van der Waals surface area contributed by atoms with Crippen LogP contribution in [0.1, 0.15) is 28.2 Å². The first-order valence-corrected chi connectivity index (χ1v) is 8.52. The monoisotopic (exact) mass is 329 g/mol. The number of hydrogen-bond acceptors (Lipinski definition) is 1. The van der Waals surface area contributed by atoms with E-state index in [-0.39, 0.29) is 11.8 Å². The summed E-state index contributed by atoms with van der Waals surface area (Å²) in [4.78, 5) is 15.2. The van der Waals surface area contributed by atoms with E-state index in [4.69, 9.17) is 0 Å². The number of amides is 1. The van der Waals surface area contributed by atoms with Crippen molar-refractivity contribution < 1.29 is 4.79 Å². The number of rotatable bonds is 4. The molecule has 3 aromatic carbocycles. The summed E-state index contributed by atoms with van der Waals surface area (Å²) in [6, 6.07) is 26.2. The van der Waals surface area contributed by atoms with Crippen LogP contribution in [0.2, 0.25) is 0 Å². The molecule has 0 bridgehead atoms. The van der Waals surface area contributed by atoms with E-state index in [9.17, 15) is 4.79 Å². The zero-order valence-corrected chi connectivity index (χ0v) is 14.9. The van der Waals surface area contributed by atoms with Crippen molar-refractivity contribution in [3.63, 3.8) is 0 Å². The molecule has 0 radical (unpaired) electrons. The average Bonchev–Trinajstić information content (AvgIpc) is 2.65. The maximum absolute atomic E-state index is 13.4. The zero-order chi connectivity index (χ0) is 17.8. The van der Waals surface area contributed by atoms with Gasteiger partial charge in [0.2, 0.25) is 5.91 Å². The first kappa shape index (κ1) is 17.0. The fourth-order valence-electron chi connectivity index (χ4n) is 3.16. The fraction of sp³-hybridized carbons (Fsp3) is 0.174. The summed E-state index contributed by atoms with van der Waals surface area (Å²) < 4.78 is 0. The summed E-state index contributed by atoms with van der Waals surface area (Å²) >= 11 is 0. The van der Waals surface area contributed by atoms with Crippen LogP contribution in [0.25, 0.3) is 0 Å². The Morgan fingerprint density at radius 2 is 1.32 bits per heavy atom. The molecule has 0 fully saturated rings. The van der Waals surface area contributed by atoms with Gasteiger partial charge in [0.1, 0.15) is 0 Å². The van der Waals surface area contributed by atoms with Crippen molar-refractivity contribution in [2.45, 2.75) is 19.8 Å². The number of carbonyl (C=O) groups is 1. The van der Waals surface area contributed by atoms with Crippen LogP contribution in [-0.2, 0) is 4.79 Å². The lowest BCUT2D eigenvalue weighted by atomic mass is 9.90. The molecule has 2 nitrogen and oxygen atoms in total. The molecule has 0 spiro atoms. The Morgan fingerprint density at radius 3 is 1.84 bits per heavy atom. The Kier molecular flexibility index (Phi) is 4.99. The Balaban J connectivity index is 2.04. The lowest BCUT2D eigenvalue weighted by Crippen LogP contribution is -2.32. The first-order valence-electron chi connectivity index (χ1n) is 8.52. The fourth-order valence-corrected chi connectivity index (χ4v) is 3.16. The van der Waals surface area contributed by atoms with Crippen LogP contribution in [0, 0.1) is 13.8 Å². The van der Waals surface area contributed by atoms with Crippen LogP contribution >= 0.6 is 0 Å². The molecule has 25 heavy (non-hydrogen) atoms. The number of likely N-dealkylation sites (N-methyl/N-ethyl adjacent to an activating group) is 1. The van der Waals surface area contributed by atoms with Gasteiger partial charge in [-0.2, -0.15) is 0 Å². The van der Waals surface area contributed by atoms with E-state index in [1.54, 1.807) is 4.90 Å². The van der Waals surface area contributed by atoms with Gasteiger partial charge in [0.05, 0.1) is 5.92 Å². The van der Waals surface area contributed by atoms with Crippen molar-refractivity contribution in [2.24, 2.45) is 0 Å². The predicted octanol–water partition coefficient (Wildman–Crippen LogP) is 5.10. The van der Waals surface area contributed by atoms with Gasteiger partial charge in [0, 0.05) is 12.7 Å². The van der Waals surface area contributed by atoms with E-state index in [2.05, 4.69) is 18.2 Å². The van der Waals surface area contributed by atoms with Gasteiger partial charge in [-0.25, -0.2) is 0 Å². The summed E-state index contributed by atoms with van der Waals surface area (Å²) in [5.41, 5.74) is 5.23. The number of benzene rings is 3. The van der Waals surface area contributed by atoms with Crippen molar-refractivity contribution in [1.29, 1.82) is 0 Å². The topological polar surface area (TPSA) is 20.3 Å². The van der Waals surface area contributed by atoms with Crippen LogP contribution in [-0.4, -0.2) is 13.0 Å². The largest absolute Gasteiger partial charge is 0.314 e. The summed E-state index contributed by atoms with van der Waals surface area (Å²) in [7, 11) is 1.86. The van der Waals surface area contributed by atoms with E-state index in [0.29, 0.717) is 0 Å². The normalized spacial score (nSPS) is 10.7. The van der Waals surface area contributed by atoms with E-state index in [1.807, 2.05) is 81.6 Å². The highest BCUT2D eigenvalue weighted by Gasteiger charge is 2.26. The molecule has 0 aromatic heterocycles. The minimum absolute atomic E-state index is 0.0751. The molecule has 0 saturated heterocycles. The summed E-state index contributed by atoms with van der Waals surface area (Å²) in [5, 5.41) is 0. The molecule has 2 heteroatoms. The predicted molar refractivity (Wildman–Crippen MR) is 104 cm³/mol. The number of anilines is 1. The minimum Gasteiger partial charge on any atom is -0.314 e. The molecule has 0 aliphatic rings. The maximum Gasteiger partial charge on any atom is 0.238 e. The van der Waals surface area contributed by atoms with Crippen LogP contribution in [0.4, 0.5) is 5.69 Å². The van der Waals surface area contributed by atoms with Gasteiger partial charge in [0.15, 0.2) is 0 Å². The smallest absolute Gasteiger partial charge is 0.238 e. The molecule has 1 amide bonds. The van der Waals surface area contributed by atoms with Gasteiger partial charge in [0.25, 0.3) is 0 Å². The number of nitrogens with zero attached hydrogens (tertiary/aromatic N) is 1. The van der Waals surface area contributed by atoms with Gasteiger partial charge >= 0.3 is 0 Å². The second-order valence-corrected chi connectivity index (χ2v) is 6.44. The molecule has 0 atom stereocenters. The van der Waals surface area contributed by atoms with Crippen LogP contribution < -0.4 is 4.90 Å². The Hall–Kier alpha value is -2.87. The lowest BCUT2D eigenvalue weighted by Gasteiger charge is -2.26. The number of carbonyl (C=O) groups excluding carboxylic acids is 1. The Labute approximate surface area is 149 Å². The molecule has 0 N–H and O–H groups in total. The van der Waals surface area contributed by atoms with Gasteiger partial charge in [-0.15, -0.1) is 0 Å². The van der Waals surface area contributed by atoms with Gasteiger partial charge in [-0.3, -0.25) is 4.79 Å². The Morgan fingerprint density at radius 1 is 0.800 bits per heavy atom. The molecular weight excluding hydrogens is 306 g/mol.